The van der Waals surface area contributed by atoms with Gasteiger partial charge >= 0.3 is 6.18 Å². The van der Waals surface area contributed by atoms with Crippen LogP contribution in [0.2, 0.25) is 0 Å². The van der Waals surface area contributed by atoms with Crippen molar-refractivity contribution in [3.63, 3.8) is 0 Å². The summed E-state index contributed by atoms with van der Waals surface area (Å²) in [6.45, 7) is 3.06. The molecular formula is C15H24F3N5O2S2. The number of hydrogen-bond acceptors (Lipinski definition) is 5. The Bertz CT molecular complexity index is 714. The molecule has 0 amide bonds. The number of nitrogens with one attached hydrogen (secondary N) is 2. The fraction of sp³-hybridized carbons (Fsp3) is 0.667. The fourth-order valence-corrected chi connectivity index (χ4v) is 4.78. The second-order valence-corrected chi connectivity index (χ2v) is 8.99. The smallest absolute Gasteiger partial charge is 0.355 e. The first-order valence-electron chi connectivity index (χ1n) is 8.44. The molecule has 12 heteroatoms. The van der Waals surface area contributed by atoms with Crippen molar-refractivity contribution >= 4 is 27.3 Å². The maximum atomic E-state index is 12.8. The van der Waals surface area contributed by atoms with Crippen molar-refractivity contribution in [3.05, 3.63) is 17.5 Å². The van der Waals surface area contributed by atoms with Crippen LogP contribution < -0.4 is 10.0 Å². The van der Waals surface area contributed by atoms with Gasteiger partial charge in [0.05, 0.1) is 0 Å². The van der Waals surface area contributed by atoms with Crippen molar-refractivity contribution in [2.24, 2.45) is 4.99 Å². The number of aliphatic imine (C=N–C) groups is 1. The lowest BCUT2D eigenvalue weighted by Crippen LogP contribution is -2.57. The number of thiophene rings is 1. The third-order valence-electron chi connectivity index (χ3n) is 4.31. The Hall–Kier alpha value is -1.37. The molecule has 1 aliphatic heterocycles. The maximum Gasteiger partial charge on any atom is 0.403 e. The first-order chi connectivity index (χ1) is 12.6. The van der Waals surface area contributed by atoms with Gasteiger partial charge in [-0.3, -0.25) is 9.89 Å². The minimum absolute atomic E-state index is 0.171. The van der Waals surface area contributed by atoms with Gasteiger partial charge < -0.3 is 10.2 Å². The van der Waals surface area contributed by atoms with E-state index in [2.05, 4.69) is 15.0 Å². The van der Waals surface area contributed by atoms with Crippen molar-refractivity contribution in [2.75, 3.05) is 46.3 Å². The number of sulfonamides is 1. The molecule has 2 rings (SSSR count). The van der Waals surface area contributed by atoms with Gasteiger partial charge in [-0.2, -0.15) is 13.2 Å². The quantitative estimate of drug-likeness (QED) is 0.405. The van der Waals surface area contributed by atoms with Crippen LogP contribution in [0.15, 0.2) is 26.7 Å². The van der Waals surface area contributed by atoms with Gasteiger partial charge in [0.25, 0.3) is 0 Å². The van der Waals surface area contributed by atoms with Crippen molar-refractivity contribution in [2.45, 2.75) is 23.4 Å². The van der Waals surface area contributed by atoms with Crippen molar-refractivity contribution in [1.29, 1.82) is 0 Å². The van der Waals surface area contributed by atoms with Gasteiger partial charge in [-0.15, -0.1) is 11.3 Å². The summed E-state index contributed by atoms with van der Waals surface area (Å²) in [6, 6.07) is 1.72. The Morgan fingerprint density at radius 3 is 2.48 bits per heavy atom. The van der Waals surface area contributed by atoms with Crippen LogP contribution in [0.5, 0.6) is 0 Å². The van der Waals surface area contributed by atoms with Crippen LogP contribution in [-0.2, 0) is 10.0 Å². The van der Waals surface area contributed by atoms with Gasteiger partial charge in [0.2, 0.25) is 10.0 Å². The van der Waals surface area contributed by atoms with E-state index >= 15 is 0 Å². The molecule has 7 nitrogen and oxygen atoms in total. The third-order valence-corrected chi connectivity index (χ3v) is 7.17. The highest BCUT2D eigenvalue weighted by Crippen LogP contribution is 2.25. The van der Waals surface area contributed by atoms with Gasteiger partial charge in [0, 0.05) is 46.3 Å². The number of hydrogen-bond donors (Lipinski definition) is 2. The zero-order valence-corrected chi connectivity index (χ0v) is 16.8. The number of guanidine groups is 1. The summed E-state index contributed by atoms with van der Waals surface area (Å²) in [5.74, 6) is 0.546. The van der Waals surface area contributed by atoms with Crippen LogP contribution in [0.1, 0.15) is 6.92 Å². The van der Waals surface area contributed by atoms with Gasteiger partial charge in [-0.25, -0.2) is 13.1 Å². The fourth-order valence-electron chi connectivity index (χ4n) is 2.71. The molecule has 1 aromatic rings. The summed E-state index contributed by atoms with van der Waals surface area (Å²) in [5.41, 5.74) is 0. The highest BCUT2D eigenvalue weighted by molar-refractivity contribution is 7.91. The molecule has 1 aromatic heterocycles. The molecule has 2 N–H and O–H groups in total. The predicted octanol–water partition coefficient (Wildman–Crippen LogP) is 1.17. The molecule has 1 unspecified atom stereocenters. The van der Waals surface area contributed by atoms with E-state index in [1.165, 1.54) is 17.9 Å². The third kappa shape index (κ3) is 6.06. The van der Waals surface area contributed by atoms with Gasteiger partial charge in [-0.05, 0) is 18.4 Å². The lowest BCUT2D eigenvalue weighted by molar-refractivity contribution is -0.181. The summed E-state index contributed by atoms with van der Waals surface area (Å²) in [6.07, 6.45) is -4.23. The van der Waals surface area contributed by atoms with Crippen LogP contribution in [0.25, 0.3) is 0 Å². The van der Waals surface area contributed by atoms with Crippen LogP contribution in [0, 0.1) is 0 Å². The Balaban J connectivity index is 1.77. The molecule has 1 aliphatic rings. The molecule has 0 spiro atoms. The summed E-state index contributed by atoms with van der Waals surface area (Å²) >= 11 is 1.14. The van der Waals surface area contributed by atoms with Gasteiger partial charge in [0.15, 0.2) is 5.96 Å². The van der Waals surface area contributed by atoms with Crippen LogP contribution in [-0.4, -0.2) is 82.7 Å². The second-order valence-electron chi connectivity index (χ2n) is 6.04. The number of halogens is 3. The molecule has 0 radical (unpaired) electrons. The Labute approximate surface area is 161 Å². The standard InChI is InChI=1S/C15H24F3N5O2S2/c1-12(15(16,17)18)22-7-9-23(10-8-22)14(19-2)20-5-6-21-27(24,25)13-4-3-11-26-13/h3-4,11-12,21H,5-10H2,1-2H3,(H,19,20). The highest BCUT2D eigenvalue weighted by atomic mass is 32.2. The number of alkyl halides is 3. The van der Waals surface area contributed by atoms with E-state index in [9.17, 15) is 21.6 Å². The average molecular weight is 428 g/mol. The lowest BCUT2D eigenvalue weighted by atomic mass is 10.2. The molecule has 2 heterocycles. The Morgan fingerprint density at radius 1 is 1.30 bits per heavy atom. The minimum Gasteiger partial charge on any atom is -0.355 e. The molecular weight excluding hydrogens is 403 g/mol. The molecule has 0 aliphatic carbocycles. The lowest BCUT2D eigenvalue weighted by Gasteiger charge is -2.39. The van der Waals surface area contributed by atoms with Crippen LogP contribution in [0.3, 0.4) is 0 Å². The summed E-state index contributed by atoms with van der Waals surface area (Å²) in [5, 5.41) is 4.73. The molecule has 1 saturated heterocycles. The molecule has 154 valence electrons. The second kappa shape index (κ2) is 9.22. The minimum atomic E-state index is -4.23. The van der Waals surface area contributed by atoms with E-state index in [4.69, 9.17) is 0 Å². The highest BCUT2D eigenvalue weighted by Gasteiger charge is 2.41. The topological polar surface area (TPSA) is 77.0 Å². The van der Waals surface area contributed by atoms with Crippen molar-refractivity contribution in [3.8, 4) is 0 Å². The molecule has 0 saturated carbocycles. The van der Waals surface area contributed by atoms with Gasteiger partial charge in [0.1, 0.15) is 10.3 Å². The average Bonchev–Trinajstić information content (AvgIpc) is 3.16. The van der Waals surface area contributed by atoms with E-state index in [0.717, 1.165) is 11.3 Å². The maximum absolute atomic E-state index is 12.8. The van der Waals surface area contributed by atoms with Crippen molar-refractivity contribution < 1.29 is 21.6 Å². The first-order valence-corrected chi connectivity index (χ1v) is 10.8. The summed E-state index contributed by atoms with van der Waals surface area (Å²) in [4.78, 5) is 7.40. The zero-order valence-electron chi connectivity index (χ0n) is 15.2. The van der Waals surface area contributed by atoms with E-state index in [-0.39, 0.29) is 23.8 Å². The van der Waals surface area contributed by atoms with E-state index in [1.54, 1.807) is 18.5 Å². The number of piperazine rings is 1. The predicted molar refractivity (Wildman–Crippen MR) is 99.5 cm³/mol. The number of nitrogens with zero attached hydrogens (tertiary/aromatic N) is 3. The SMILES string of the molecule is CN=C(NCCNS(=O)(=O)c1cccs1)N1CCN(C(C)C(F)(F)F)CC1. The molecule has 1 atom stereocenters. The molecule has 27 heavy (non-hydrogen) atoms. The van der Waals surface area contributed by atoms with Crippen LogP contribution in [0.4, 0.5) is 13.2 Å². The normalized spacial score (nSPS) is 18.6. The zero-order chi connectivity index (χ0) is 20.1. The first kappa shape index (κ1) is 21.9. The van der Waals surface area contributed by atoms with Gasteiger partial charge in [-0.1, -0.05) is 6.07 Å². The van der Waals surface area contributed by atoms with E-state index in [0.29, 0.717) is 25.6 Å². The van der Waals surface area contributed by atoms with Crippen molar-refractivity contribution in [1.82, 2.24) is 19.8 Å². The summed E-state index contributed by atoms with van der Waals surface area (Å²) in [7, 11) is -1.93. The Kier molecular flexibility index (Phi) is 7.48. The monoisotopic (exact) mass is 427 g/mol. The Morgan fingerprint density at radius 2 is 1.96 bits per heavy atom. The molecule has 0 aromatic carbocycles. The number of rotatable bonds is 6. The molecule has 0 bridgehead atoms. The van der Waals surface area contributed by atoms with E-state index < -0.39 is 22.2 Å². The largest absolute Gasteiger partial charge is 0.403 e. The molecule has 1 fully saturated rings. The summed E-state index contributed by atoms with van der Waals surface area (Å²) < 4.78 is 65.2. The van der Waals surface area contributed by atoms with E-state index in [1.807, 2.05) is 4.90 Å². The van der Waals surface area contributed by atoms with Crippen LogP contribution >= 0.6 is 11.3 Å².